The molecule has 2 amide bonds. The number of imidazole rings is 1. The van der Waals surface area contributed by atoms with Crippen LogP contribution >= 0.6 is 0 Å². The van der Waals surface area contributed by atoms with Gasteiger partial charge in [-0.25, -0.2) is 4.98 Å². The lowest BCUT2D eigenvalue weighted by atomic mass is 10.1. The smallest absolute Gasteiger partial charge is 0.242 e. The lowest BCUT2D eigenvalue weighted by Gasteiger charge is -2.27. The average molecular weight is 441 g/mol. The fraction of sp³-hybridized carbons (Fsp3) is 0.654. The third-order valence-corrected chi connectivity index (χ3v) is 5.88. The van der Waals surface area contributed by atoms with E-state index in [4.69, 9.17) is 4.98 Å². The van der Waals surface area contributed by atoms with Gasteiger partial charge in [-0.1, -0.05) is 46.2 Å². The molecule has 2 aromatic rings. The summed E-state index contributed by atoms with van der Waals surface area (Å²) in [6.07, 6.45) is 5.95. The topological polar surface area (TPSA) is 67.2 Å². The molecular formula is C26H40N4O2. The molecule has 0 radical (unpaired) electrons. The van der Waals surface area contributed by atoms with E-state index in [1.54, 1.807) is 0 Å². The zero-order valence-electron chi connectivity index (χ0n) is 20.3. The average Bonchev–Trinajstić information content (AvgIpc) is 3.53. The van der Waals surface area contributed by atoms with Crippen LogP contribution in [0.25, 0.3) is 11.0 Å². The minimum absolute atomic E-state index is 0.166. The van der Waals surface area contributed by atoms with Gasteiger partial charge in [0, 0.05) is 32.0 Å². The van der Waals surface area contributed by atoms with Gasteiger partial charge in [0.05, 0.1) is 11.0 Å². The molecular weight excluding hydrogens is 400 g/mol. The number of amides is 2. The van der Waals surface area contributed by atoms with Crippen LogP contribution in [0.2, 0.25) is 0 Å². The van der Waals surface area contributed by atoms with Crippen molar-refractivity contribution in [3.63, 3.8) is 0 Å². The highest BCUT2D eigenvalue weighted by molar-refractivity contribution is 5.81. The molecule has 1 aromatic heterocycles. The van der Waals surface area contributed by atoms with Crippen LogP contribution in [-0.2, 0) is 22.6 Å². The first-order chi connectivity index (χ1) is 15.3. The van der Waals surface area contributed by atoms with Crippen molar-refractivity contribution >= 4 is 22.8 Å². The van der Waals surface area contributed by atoms with Gasteiger partial charge in [-0.05, 0) is 49.7 Å². The van der Waals surface area contributed by atoms with Gasteiger partial charge in [-0.15, -0.1) is 0 Å². The number of nitrogens with one attached hydrogen (secondary N) is 1. The van der Waals surface area contributed by atoms with Crippen molar-refractivity contribution in [2.24, 2.45) is 17.8 Å². The van der Waals surface area contributed by atoms with E-state index in [1.807, 2.05) is 23.1 Å². The third kappa shape index (κ3) is 7.07. The molecule has 0 unspecified atom stereocenters. The van der Waals surface area contributed by atoms with Crippen LogP contribution in [0.1, 0.15) is 65.6 Å². The first-order valence-corrected chi connectivity index (χ1v) is 12.3. The predicted molar refractivity (Wildman–Crippen MR) is 129 cm³/mol. The Bertz CT molecular complexity index is 888. The maximum Gasteiger partial charge on any atom is 0.242 e. The van der Waals surface area contributed by atoms with Crippen LogP contribution in [0, 0.1) is 17.8 Å². The third-order valence-electron chi connectivity index (χ3n) is 5.88. The monoisotopic (exact) mass is 440 g/mol. The van der Waals surface area contributed by atoms with E-state index in [2.05, 4.69) is 43.6 Å². The molecule has 0 atom stereocenters. The highest BCUT2D eigenvalue weighted by atomic mass is 16.2. The minimum atomic E-state index is 0.166. The Morgan fingerprint density at radius 1 is 1.06 bits per heavy atom. The summed E-state index contributed by atoms with van der Waals surface area (Å²) in [5.74, 6) is 2.53. The van der Waals surface area contributed by atoms with Crippen molar-refractivity contribution < 1.29 is 9.59 Å². The number of hydrogen-bond donors (Lipinski definition) is 1. The highest BCUT2D eigenvalue weighted by Crippen LogP contribution is 2.28. The van der Waals surface area contributed by atoms with Crippen molar-refractivity contribution in [1.82, 2.24) is 19.8 Å². The molecule has 1 aromatic carbocycles. The van der Waals surface area contributed by atoms with Gasteiger partial charge in [-0.2, -0.15) is 0 Å². The summed E-state index contributed by atoms with van der Waals surface area (Å²) < 4.78 is 2.11. The summed E-state index contributed by atoms with van der Waals surface area (Å²) >= 11 is 0. The molecule has 1 saturated carbocycles. The molecule has 6 heteroatoms. The molecule has 1 heterocycles. The summed E-state index contributed by atoms with van der Waals surface area (Å²) in [7, 11) is 0. The van der Waals surface area contributed by atoms with Crippen LogP contribution in [0.3, 0.4) is 0 Å². The molecule has 1 N–H and O–H groups in total. The second-order valence-electron chi connectivity index (χ2n) is 10.1. The minimum Gasteiger partial charge on any atom is -0.356 e. The zero-order chi connectivity index (χ0) is 23.1. The standard InChI is InChI=1S/C26H40N4O2/c1-19(2)16-29(17-20(3)4)25(31)18-30-23-11-8-7-10-22(23)28-24(30)12-6-5-9-15-27-26(32)21-13-14-21/h7-8,10-11,19-21H,5-6,9,12-18H2,1-4H3,(H,27,32). The number of fused-ring (bicyclic) bond motifs is 1. The number of aryl methyl sites for hydroxylation is 1. The van der Waals surface area contributed by atoms with E-state index in [0.717, 1.165) is 75.0 Å². The zero-order valence-corrected chi connectivity index (χ0v) is 20.3. The van der Waals surface area contributed by atoms with E-state index in [-0.39, 0.29) is 17.7 Å². The Balaban J connectivity index is 1.61. The van der Waals surface area contributed by atoms with E-state index in [1.165, 1.54) is 0 Å². The second kappa shape index (κ2) is 11.5. The van der Waals surface area contributed by atoms with Crippen LogP contribution in [0.4, 0.5) is 0 Å². The van der Waals surface area contributed by atoms with Crippen molar-refractivity contribution in [3.05, 3.63) is 30.1 Å². The maximum absolute atomic E-state index is 13.3. The van der Waals surface area contributed by atoms with Crippen LogP contribution in [0.15, 0.2) is 24.3 Å². The SMILES string of the molecule is CC(C)CN(CC(C)C)C(=O)Cn1c(CCCCCNC(=O)C2CC2)nc2ccccc21. The molecule has 0 bridgehead atoms. The summed E-state index contributed by atoms with van der Waals surface area (Å²) in [6.45, 7) is 11.3. The van der Waals surface area contributed by atoms with Gasteiger partial charge in [0.1, 0.15) is 12.4 Å². The number of hydrogen-bond acceptors (Lipinski definition) is 3. The van der Waals surface area contributed by atoms with Gasteiger partial charge in [-0.3, -0.25) is 9.59 Å². The lowest BCUT2D eigenvalue weighted by molar-refractivity contribution is -0.133. The maximum atomic E-state index is 13.3. The van der Waals surface area contributed by atoms with E-state index in [0.29, 0.717) is 18.4 Å². The normalized spacial score (nSPS) is 13.8. The Kier molecular flexibility index (Phi) is 8.71. The van der Waals surface area contributed by atoms with Gasteiger partial charge < -0.3 is 14.8 Å². The number of para-hydroxylation sites is 2. The first kappa shape index (κ1) is 24.3. The number of aromatic nitrogens is 2. The first-order valence-electron chi connectivity index (χ1n) is 12.3. The number of carbonyl (C=O) groups is 2. The van der Waals surface area contributed by atoms with Crippen molar-refractivity contribution in [2.45, 2.75) is 72.8 Å². The molecule has 6 nitrogen and oxygen atoms in total. The summed E-state index contributed by atoms with van der Waals surface area (Å²) in [5, 5.41) is 3.04. The van der Waals surface area contributed by atoms with E-state index in [9.17, 15) is 9.59 Å². The van der Waals surface area contributed by atoms with Crippen molar-refractivity contribution in [3.8, 4) is 0 Å². The quantitative estimate of drug-likeness (QED) is 0.469. The molecule has 0 aliphatic heterocycles. The second-order valence-corrected chi connectivity index (χ2v) is 10.1. The van der Waals surface area contributed by atoms with Crippen molar-refractivity contribution in [1.29, 1.82) is 0 Å². The van der Waals surface area contributed by atoms with E-state index >= 15 is 0 Å². The summed E-state index contributed by atoms with van der Waals surface area (Å²) in [5.41, 5.74) is 1.98. The van der Waals surface area contributed by atoms with Gasteiger partial charge in [0.2, 0.25) is 11.8 Å². The highest BCUT2D eigenvalue weighted by Gasteiger charge is 2.29. The Labute approximate surface area is 192 Å². The largest absolute Gasteiger partial charge is 0.356 e. The predicted octanol–water partition coefficient (Wildman–Crippen LogP) is 4.42. The number of carbonyl (C=O) groups excluding carboxylic acids is 2. The molecule has 1 aliphatic rings. The van der Waals surface area contributed by atoms with Gasteiger partial charge in [0.15, 0.2) is 0 Å². The summed E-state index contributed by atoms with van der Waals surface area (Å²) in [6, 6.07) is 8.09. The van der Waals surface area contributed by atoms with Gasteiger partial charge >= 0.3 is 0 Å². The fourth-order valence-corrected chi connectivity index (χ4v) is 4.17. The molecule has 3 rings (SSSR count). The Hall–Kier alpha value is -2.37. The summed E-state index contributed by atoms with van der Waals surface area (Å²) in [4.78, 5) is 31.8. The number of benzene rings is 1. The molecule has 1 fully saturated rings. The molecule has 0 saturated heterocycles. The molecule has 176 valence electrons. The molecule has 0 spiro atoms. The van der Waals surface area contributed by atoms with Crippen LogP contribution in [-0.4, -0.2) is 45.9 Å². The number of nitrogens with zero attached hydrogens (tertiary/aromatic N) is 3. The van der Waals surface area contributed by atoms with Crippen LogP contribution in [0.5, 0.6) is 0 Å². The molecule has 32 heavy (non-hydrogen) atoms. The van der Waals surface area contributed by atoms with Gasteiger partial charge in [0.25, 0.3) is 0 Å². The van der Waals surface area contributed by atoms with Crippen molar-refractivity contribution in [2.75, 3.05) is 19.6 Å². The fourth-order valence-electron chi connectivity index (χ4n) is 4.17. The number of unbranched alkanes of at least 4 members (excludes halogenated alkanes) is 2. The molecule has 1 aliphatic carbocycles. The van der Waals surface area contributed by atoms with Crippen LogP contribution < -0.4 is 5.32 Å². The Morgan fingerprint density at radius 2 is 1.75 bits per heavy atom. The number of rotatable bonds is 13. The lowest BCUT2D eigenvalue weighted by Crippen LogP contribution is -2.39. The van der Waals surface area contributed by atoms with E-state index < -0.39 is 0 Å². The Morgan fingerprint density at radius 3 is 2.41 bits per heavy atom.